The summed E-state index contributed by atoms with van der Waals surface area (Å²) < 4.78 is 0. The number of unbranched alkanes of at least 4 members (excludes halogenated alkanes) is 1. The molecular weight excluding hydrogens is 360 g/mol. The van der Waals surface area contributed by atoms with Crippen molar-refractivity contribution in [2.24, 2.45) is 0 Å². The molecule has 1 N–H and O–H groups in total. The smallest absolute Gasteiger partial charge is 0.0346 e. The van der Waals surface area contributed by atoms with Gasteiger partial charge in [-0.25, -0.2) is 0 Å². The lowest BCUT2D eigenvalue weighted by Gasteiger charge is -2.18. The highest BCUT2D eigenvalue weighted by Gasteiger charge is 2.11. The van der Waals surface area contributed by atoms with Gasteiger partial charge in [-0.3, -0.25) is 4.98 Å². The normalized spacial score (nSPS) is 12.3. The first-order valence-electron chi connectivity index (χ1n) is 10.0. The lowest BCUT2D eigenvalue weighted by Crippen LogP contribution is -2.20. The molecule has 4 rings (SSSR count). The molecule has 1 atom stereocenters. The number of hydrogen-bond acceptors (Lipinski definition) is 3. The second-order valence-corrected chi connectivity index (χ2v) is 8.06. The summed E-state index contributed by atoms with van der Waals surface area (Å²) in [6.45, 7) is 0.886. The second-order valence-electron chi connectivity index (χ2n) is 7.28. The van der Waals surface area contributed by atoms with Crippen molar-refractivity contribution in [3.63, 3.8) is 0 Å². The topological polar surface area (TPSA) is 24.9 Å². The summed E-state index contributed by atoms with van der Waals surface area (Å²) in [6, 6.07) is 22.2. The summed E-state index contributed by atoms with van der Waals surface area (Å²) in [6.07, 6.45) is 8.58. The van der Waals surface area contributed by atoms with Crippen LogP contribution in [0.25, 0.3) is 10.8 Å². The molecule has 0 saturated heterocycles. The molecule has 0 amide bonds. The predicted molar refractivity (Wildman–Crippen MR) is 120 cm³/mol. The minimum atomic E-state index is 0.412. The first kappa shape index (κ1) is 18.9. The Labute approximate surface area is 171 Å². The third-order valence-electron chi connectivity index (χ3n) is 5.25. The Bertz CT molecular complexity index is 980. The van der Waals surface area contributed by atoms with Crippen LogP contribution in [0.1, 0.15) is 42.0 Å². The first-order valence-corrected chi connectivity index (χ1v) is 10.9. The van der Waals surface area contributed by atoms with E-state index in [4.69, 9.17) is 0 Å². The van der Waals surface area contributed by atoms with Crippen LogP contribution in [0.5, 0.6) is 0 Å². The molecule has 0 bridgehead atoms. The fourth-order valence-corrected chi connectivity index (χ4v) is 4.38. The summed E-state index contributed by atoms with van der Waals surface area (Å²) >= 11 is 1.78. The van der Waals surface area contributed by atoms with E-state index in [0.29, 0.717) is 6.04 Å². The Morgan fingerprint density at radius 2 is 1.82 bits per heavy atom. The van der Waals surface area contributed by atoms with Gasteiger partial charge in [0.2, 0.25) is 0 Å². The van der Waals surface area contributed by atoms with Crippen LogP contribution < -0.4 is 5.32 Å². The number of rotatable bonds is 9. The minimum Gasteiger partial charge on any atom is -0.306 e. The predicted octanol–water partition coefficient (Wildman–Crippen LogP) is 6.54. The molecule has 28 heavy (non-hydrogen) atoms. The van der Waals surface area contributed by atoms with E-state index in [9.17, 15) is 0 Å². The molecule has 0 aliphatic carbocycles. The number of hydrogen-bond donors (Lipinski definition) is 1. The molecule has 2 nitrogen and oxygen atoms in total. The maximum absolute atomic E-state index is 4.20. The Hall–Kier alpha value is -2.49. The van der Waals surface area contributed by atoms with Gasteiger partial charge in [0.1, 0.15) is 0 Å². The zero-order valence-electron chi connectivity index (χ0n) is 16.1. The van der Waals surface area contributed by atoms with Gasteiger partial charge in [-0.1, -0.05) is 48.9 Å². The standard InChI is InChI=1S/C25H26N2S/c1-2-6-20(7-3-1)8-4-5-9-25(24-13-15-28-19-24)27-17-21-10-11-23-18-26-14-12-22(23)16-21/h1-3,6-7,10-16,18-19,25,27H,4-5,8-9,17H2/t25-/m0/s1. The highest BCUT2D eigenvalue weighted by molar-refractivity contribution is 7.07. The second kappa shape index (κ2) is 9.63. The number of nitrogens with zero attached hydrogens (tertiary/aromatic N) is 1. The molecule has 0 aliphatic heterocycles. The number of thiophene rings is 1. The Balaban J connectivity index is 1.34. The first-order chi connectivity index (χ1) is 13.9. The fraction of sp³-hybridized carbons (Fsp3) is 0.240. The maximum Gasteiger partial charge on any atom is 0.0346 e. The van der Waals surface area contributed by atoms with Crippen LogP contribution in [0.4, 0.5) is 0 Å². The van der Waals surface area contributed by atoms with E-state index < -0.39 is 0 Å². The lowest BCUT2D eigenvalue weighted by atomic mass is 10.0. The Kier molecular flexibility index (Phi) is 6.48. The quantitative estimate of drug-likeness (QED) is 0.330. The van der Waals surface area contributed by atoms with Gasteiger partial charge >= 0.3 is 0 Å². The van der Waals surface area contributed by atoms with Gasteiger partial charge in [0.25, 0.3) is 0 Å². The van der Waals surface area contributed by atoms with Gasteiger partial charge in [0, 0.05) is 30.4 Å². The van der Waals surface area contributed by atoms with Crippen LogP contribution >= 0.6 is 11.3 Å². The van der Waals surface area contributed by atoms with E-state index in [2.05, 4.69) is 81.7 Å². The van der Waals surface area contributed by atoms with Crippen LogP contribution in [0.3, 0.4) is 0 Å². The van der Waals surface area contributed by atoms with Crippen LogP contribution in [0.15, 0.2) is 83.8 Å². The molecule has 4 aromatic rings. The van der Waals surface area contributed by atoms with Gasteiger partial charge < -0.3 is 5.32 Å². The Morgan fingerprint density at radius 3 is 2.68 bits per heavy atom. The summed E-state index contributed by atoms with van der Waals surface area (Å²) in [5.41, 5.74) is 4.17. The van der Waals surface area contributed by atoms with Crippen molar-refractivity contribution in [1.82, 2.24) is 10.3 Å². The largest absolute Gasteiger partial charge is 0.306 e. The van der Waals surface area contributed by atoms with Crippen LogP contribution in [-0.4, -0.2) is 4.98 Å². The summed E-state index contributed by atoms with van der Waals surface area (Å²) in [7, 11) is 0. The van der Waals surface area contributed by atoms with Crippen molar-refractivity contribution in [3.05, 3.63) is 101 Å². The summed E-state index contributed by atoms with van der Waals surface area (Å²) in [5, 5.41) is 10.7. The average Bonchev–Trinajstić information content (AvgIpc) is 3.28. The van der Waals surface area contributed by atoms with Gasteiger partial charge in [-0.2, -0.15) is 11.3 Å². The molecule has 0 fully saturated rings. The number of aromatic nitrogens is 1. The highest BCUT2D eigenvalue weighted by atomic mass is 32.1. The van der Waals surface area contributed by atoms with Crippen molar-refractivity contribution >= 4 is 22.1 Å². The number of pyridine rings is 1. The number of nitrogens with one attached hydrogen (secondary N) is 1. The lowest BCUT2D eigenvalue weighted by molar-refractivity contribution is 0.476. The molecule has 3 heteroatoms. The molecule has 0 radical (unpaired) electrons. The SMILES string of the molecule is c1ccc(CCCC[C@H](NCc2ccc3cnccc3c2)c2ccsc2)cc1. The van der Waals surface area contributed by atoms with Crippen molar-refractivity contribution in [3.8, 4) is 0 Å². The van der Waals surface area contributed by atoms with Gasteiger partial charge in [0.15, 0.2) is 0 Å². The molecular formula is C25H26N2S. The van der Waals surface area contributed by atoms with Crippen molar-refractivity contribution in [2.45, 2.75) is 38.3 Å². The number of aryl methyl sites for hydroxylation is 1. The summed E-state index contributed by atoms with van der Waals surface area (Å²) in [4.78, 5) is 4.20. The third-order valence-corrected chi connectivity index (χ3v) is 5.96. The fourth-order valence-electron chi connectivity index (χ4n) is 3.67. The Morgan fingerprint density at radius 1 is 0.893 bits per heavy atom. The molecule has 2 aromatic carbocycles. The number of fused-ring (bicyclic) bond motifs is 1. The number of benzene rings is 2. The zero-order valence-corrected chi connectivity index (χ0v) is 16.9. The molecule has 0 unspecified atom stereocenters. The van der Waals surface area contributed by atoms with E-state index in [1.807, 2.05) is 12.4 Å². The van der Waals surface area contributed by atoms with E-state index in [1.165, 1.54) is 46.7 Å². The van der Waals surface area contributed by atoms with Gasteiger partial charge in [-0.05, 0) is 70.3 Å². The van der Waals surface area contributed by atoms with Crippen LogP contribution in [0, 0.1) is 0 Å². The van der Waals surface area contributed by atoms with Crippen molar-refractivity contribution in [2.75, 3.05) is 0 Å². The average molecular weight is 387 g/mol. The van der Waals surface area contributed by atoms with Crippen LogP contribution in [0.2, 0.25) is 0 Å². The van der Waals surface area contributed by atoms with Crippen molar-refractivity contribution < 1.29 is 0 Å². The van der Waals surface area contributed by atoms with Gasteiger partial charge in [-0.15, -0.1) is 0 Å². The highest BCUT2D eigenvalue weighted by Crippen LogP contribution is 2.23. The van der Waals surface area contributed by atoms with E-state index >= 15 is 0 Å². The monoisotopic (exact) mass is 386 g/mol. The van der Waals surface area contributed by atoms with E-state index in [1.54, 1.807) is 11.3 Å². The van der Waals surface area contributed by atoms with Crippen LogP contribution in [-0.2, 0) is 13.0 Å². The third kappa shape index (κ3) is 5.06. The molecule has 0 aliphatic rings. The summed E-state index contributed by atoms with van der Waals surface area (Å²) in [5.74, 6) is 0. The molecule has 0 spiro atoms. The molecule has 2 heterocycles. The van der Waals surface area contributed by atoms with E-state index in [0.717, 1.165) is 13.0 Å². The molecule has 0 saturated carbocycles. The molecule has 142 valence electrons. The van der Waals surface area contributed by atoms with Gasteiger partial charge in [0.05, 0.1) is 0 Å². The minimum absolute atomic E-state index is 0.412. The zero-order chi connectivity index (χ0) is 19.0. The van der Waals surface area contributed by atoms with E-state index in [-0.39, 0.29) is 0 Å². The maximum atomic E-state index is 4.20. The van der Waals surface area contributed by atoms with Crippen molar-refractivity contribution in [1.29, 1.82) is 0 Å². The molecule has 2 aromatic heterocycles.